The van der Waals surface area contributed by atoms with Gasteiger partial charge in [0.25, 0.3) is 5.91 Å². The lowest BCUT2D eigenvalue weighted by atomic mass is 10.0. The highest BCUT2D eigenvalue weighted by Gasteiger charge is 2.42. The van der Waals surface area contributed by atoms with Gasteiger partial charge < -0.3 is 9.80 Å². The number of pyridine rings is 1. The molecule has 0 spiro atoms. The molecule has 0 radical (unpaired) electrons. The van der Waals surface area contributed by atoms with Crippen LogP contribution in [0.15, 0.2) is 60.9 Å². The van der Waals surface area contributed by atoms with E-state index in [-0.39, 0.29) is 11.8 Å². The molecule has 1 aromatic heterocycles. The van der Waals surface area contributed by atoms with E-state index in [1.54, 1.807) is 6.20 Å². The maximum atomic E-state index is 13.0. The first kappa shape index (κ1) is 18.8. The zero-order valence-corrected chi connectivity index (χ0v) is 17.1. The van der Waals surface area contributed by atoms with Gasteiger partial charge in [-0.15, -0.1) is 0 Å². The Kier molecular flexibility index (Phi) is 4.74. The van der Waals surface area contributed by atoms with E-state index in [1.165, 1.54) is 0 Å². The summed E-state index contributed by atoms with van der Waals surface area (Å²) in [6.45, 7) is 4.98. The highest BCUT2D eigenvalue weighted by Crippen LogP contribution is 2.32. The molecule has 0 aliphatic carbocycles. The van der Waals surface area contributed by atoms with E-state index >= 15 is 0 Å². The Morgan fingerprint density at radius 1 is 0.867 bits per heavy atom. The monoisotopic (exact) mass is 399 g/mol. The third kappa shape index (κ3) is 3.34. The Morgan fingerprint density at radius 3 is 2.23 bits per heavy atom. The fraction of sp³-hybridized carbons (Fsp3) is 0.320. The minimum atomic E-state index is 0.0916. The highest BCUT2D eigenvalue weighted by atomic mass is 16.2. The zero-order valence-electron chi connectivity index (χ0n) is 17.1. The number of rotatable bonds is 3. The summed E-state index contributed by atoms with van der Waals surface area (Å²) < 4.78 is 0. The van der Waals surface area contributed by atoms with Crippen LogP contribution in [0.25, 0.3) is 21.9 Å². The molecule has 5 heteroatoms. The molecule has 2 saturated heterocycles. The SMILES string of the molecule is CCC(=O)N1CC2CN(C(=O)c3ccc(-c4ccc5cnccc5c4)cc3)CC2C1. The number of hydrogen-bond acceptors (Lipinski definition) is 3. The van der Waals surface area contributed by atoms with Crippen molar-refractivity contribution in [1.82, 2.24) is 14.8 Å². The van der Waals surface area contributed by atoms with Gasteiger partial charge in [-0.3, -0.25) is 14.6 Å². The Labute approximate surface area is 176 Å². The van der Waals surface area contributed by atoms with Gasteiger partial charge in [-0.1, -0.05) is 31.2 Å². The molecular weight excluding hydrogens is 374 g/mol. The first-order valence-electron chi connectivity index (χ1n) is 10.6. The van der Waals surface area contributed by atoms with Crippen molar-refractivity contribution in [2.75, 3.05) is 26.2 Å². The van der Waals surface area contributed by atoms with E-state index in [4.69, 9.17) is 0 Å². The molecule has 5 nitrogen and oxygen atoms in total. The summed E-state index contributed by atoms with van der Waals surface area (Å²) >= 11 is 0. The van der Waals surface area contributed by atoms with Gasteiger partial charge in [-0.25, -0.2) is 0 Å². The van der Waals surface area contributed by atoms with Gasteiger partial charge in [0.05, 0.1) is 0 Å². The summed E-state index contributed by atoms with van der Waals surface area (Å²) in [5, 5.41) is 2.27. The lowest BCUT2D eigenvalue weighted by Crippen LogP contribution is -2.35. The molecular formula is C25H25N3O2. The van der Waals surface area contributed by atoms with Crippen LogP contribution in [0.4, 0.5) is 0 Å². The standard InChI is InChI=1S/C25H25N3O2/c1-2-24(29)27-13-22-15-28(16-23(22)14-27)25(30)18-5-3-17(4-6-18)19-7-8-21-12-26-10-9-20(21)11-19/h3-12,22-23H,2,13-16H2,1H3. The van der Waals surface area contributed by atoms with Gasteiger partial charge in [0.15, 0.2) is 0 Å². The smallest absolute Gasteiger partial charge is 0.253 e. The van der Waals surface area contributed by atoms with E-state index in [0.717, 1.165) is 53.6 Å². The molecule has 152 valence electrons. The van der Waals surface area contributed by atoms with E-state index in [9.17, 15) is 9.59 Å². The van der Waals surface area contributed by atoms with Crippen LogP contribution in [0, 0.1) is 11.8 Å². The quantitative estimate of drug-likeness (QED) is 0.672. The van der Waals surface area contributed by atoms with Crippen molar-refractivity contribution < 1.29 is 9.59 Å². The summed E-state index contributed by atoms with van der Waals surface area (Å²) in [6, 6.07) is 16.2. The highest BCUT2D eigenvalue weighted by molar-refractivity contribution is 5.95. The van der Waals surface area contributed by atoms with Crippen molar-refractivity contribution in [3.8, 4) is 11.1 Å². The minimum Gasteiger partial charge on any atom is -0.342 e. The molecule has 2 atom stereocenters. The molecule has 3 aromatic rings. The first-order chi connectivity index (χ1) is 14.6. The molecule has 2 amide bonds. The van der Waals surface area contributed by atoms with Crippen LogP contribution in [0.3, 0.4) is 0 Å². The van der Waals surface area contributed by atoms with Gasteiger partial charge in [0.2, 0.25) is 5.91 Å². The lowest BCUT2D eigenvalue weighted by molar-refractivity contribution is -0.130. The molecule has 2 aliphatic heterocycles. The molecule has 30 heavy (non-hydrogen) atoms. The molecule has 0 N–H and O–H groups in total. The van der Waals surface area contributed by atoms with Gasteiger partial charge in [0.1, 0.15) is 0 Å². The van der Waals surface area contributed by atoms with Crippen molar-refractivity contribution in [3.05, 3.63) is 66.5 Å². The molecule has 0 bridgehead atoms. The number of nitrogens with zero attached hydrogens (tertiary/aromatic N) is 3. The van der Waals surface area contributed by atoms with Crippen LogP contribution in [-0.4, -0.2) is 52.8 Å². The van der Waals surface area contributed by atoms with E-state index in [0.29, 0.717) is 18.3 Å². The van der Waals surface area contributed by atoms with Gasteiger partial charge in [-0.2, -0.15) is 0 Å². The van der Waals surface area contributed by atoms with E-state index < -0.39 is 0 Å². The molecule has 0 saturated carbocycles. The number of benzene rings is 2. The number of likely N-dealkylation sites (tertiary alicyclic amines) is 2. The molecule has 2 aliphatic rings. The van der Waals surface area contributed by atoms with Crippen LogP contribution < -0.4 is 0 Å². The third-order valence-electron chi connectivity index (χ3n) is 6.53. The second-order valence-corrected chi connectivity index (χ2v) is 8.40. The second kappa shape index (κ2) is 7.56. The average molecular weight is 399 g/mol. The zero-order chi connectivity index (χ0) is 20.7. The third-order valence-corrected chi connectivity index (χ3v) is 6.53. The minimum absolute atomic E-state index is 0.0916. The molecule has 2 fully saturated rings. The summed E-state index contributed by atoms with van der Waals surface area (Å²) in [7, 11) is 0. The fourth-order valence-corrected chi connectivity index (χ4v) is 4.84. The summed E-state index contributed by atoms with van der Waals surface area (Å²) in [5.41, 5.74) is 2.95. The van der Waals surface area contributed by atoms with Crippen molar-refractivity contribution in [1.29, 1.82) is 0 Å². The van der Waals surface area contributed by atoms with Crippen LogP contribution in [0.5, 0.6) is 0 Å². The molecule has 2 unspecified atom stereocenters. The van der Waals surface area contributed by atoms with Crippen molar-refractivity contribution in [2.24, 2.45) is 11.8 Å². The van der Waals surface area contributed by atoms with Crippen LogP contribution in [0.1, 0.15) is 23.7 Å². The van der Waals surface area contributed by atoms with Crippen LogP contribution in [-0.2, 0) is 4.79 Å². The molecule has 3 heterocycles. The van der Waals surface area contributed by atoms with E-state index in [1.807, 2.05) is 53.3 Å². The predicted molar refractivity (Wildman–Crippen MR) is 117 cm³/mol. The number of hydrogen-bond donors (Lipinski definition) is 0. The fourth-order valence-electron chi connectivity index (χ4n) is 4.84. The van der Waals surface area contributed by atoms with Crippen molar-refractivity contribution in [2.45, 2.75) is 13.3 Å². The first-order valence-corrected chi connectivity index (χ1v) is 10.6. The molecule has 2 aromatic carbocycles. The molecule has 5 rings (SSSR count). The lowest BCUT2D eigenvalue weighted by Gasteiger charge is -2.21. The summed E-state index contributed by atoms with van der Waals surface area (Å²) in [4.78, 5) is 33.0. The van der Waals surface area contributed by atoms with Gasteiger partial charge in [-0.05, 0) is 40.8 Å². The maximum Gasteiger partial charge on any atom is 0.253 e. The Hall–Kier alpha value is -3.21. The second-order valence-electron chi connectivity index (χ2n) is 8.40. The maximum absolute atomic E-state index is 13.0. The van der Waals surface area contributed by atoms with Gasteiger partial charge in [0, 0.05) is 67.8 Å². The normalized spacial score (nSPS) is 20.6. The number of carbonyl (C=O) groups is 2. The number of carbonyl (C=O) groups excluding carboxylic acids is 2. The van der Waals surface area contributed by atoms with Crippen LogP contribution >= 0.6 is 0 Å². The largest absolute Gasteiger partial charge is 0.342 e. The summed E-state index contributed by atoms with van der Waals surface area (Å²) in [5.74, 6) is 1.14. The number of aromatic nitrogens is 1. The van der Waals surface area contributed by atoms with Crippen molar-refractivity contribution in [3.63, 3.8) is 0 Å². The Balaban J connectivity index is 1.28. The Morgan fingerprint density at radius 2 is 1.53 bits per heavy atom. The number of amides is 2. The summed E-state index contributed by atoms with van der Waals surface area (Å²) in [6.07, 6.45) is 4.23. The van der Waals surface area contributed by atoms with Gasteiger partial charge >= 0.3 is 0 Å². The van der Waals surface area contributed by atoms with Crippen LogP contribution in [0.2, 0.25) is 0 Å². The van der Waals surface area contributed by atoms with E-state index in [2.05, 4.69) is 23.2 Å². The van der Waals surface area contributed by atoms with Crippen molar-refractivity contribution >= 4 is 22.6 Å². The predicted octanol–water partition coefficient (Wildman–Crippen LogP) is 3.84. The number of fused-ring (bicyclic) bond motifs is 2. The average Bonchev–Trinajstić information content (AvgIpc) is 3.37. The topological polar surface area (TPSA) is 53.5 Å². The Bertz CT molecular complexity index is 1090.